The van der Waals surface area contributed by atoms with E-state index < -0.39 is 17.1 Å². The molecule has 0 radical (unpaired) electrons. The fourth-order valence-corrected chi connectivity index (χ4v) is 8.00. The number of rotatable bonds is 5. The van der Waals surface area contributed by atoms with Crippen molar-refractivity contribution in [2.24, 2.45) is 5.92 Å². The summed E-state index contributed by atoms with van der Waals surface area (Å²) in [5, 5.41) is 24.1. The van der Waals surface area contributed by atoms with E-state index in [2.05, 4.69) is 4.90 Å². The highest BCUT2D eigenvalue weighted by atomic mass is 35.5. The molecule has 2 aliphatic heterocycles. The van der Waals surface area contributed by atoms with Crippen molar-refractivity contribution in [3.8, 4) is 11.5 Å². The van der Waals surface area contributed by atoms with Gasteiger partial charge in [0.05, 0.1) is 17.1 Å². The van der Waals surface area contributed by atoms with Crippen LogP contribution in [0.2, 0.25) is 5.02 Å². The highest BCUT2D eigenvalue weighted by Gasteiger charge is 2.73. The highest BCUT2D eigenvalue weighted by Crippen LogP contribution is 2.66. The molecule has 2 aromatic rings. The number of piperidine rings is 1. The molecule has 37 heavy (non-hydrogen) atoms. The number of amides is 1. The standard InChI is InChI=1S/C30H33ClN2O4/c1-32(25(35)11-6-18-4-8-21(31)9-5-18)22-12-13-30(36)24-16-20-7-10-23(34)27-26(20)29(30,28(22)37-27)14-15-33(24)17-19-2-3-19/h4-11,19,22,24,28,34,36H,2-3,12-17H2,1H3/b11-6+/t22-,24-,28+,29+,30-/m1/s1. The van der Waals surface area contributed by atoms with Gasteiger partial charge < -0.3 is 19.8 Å². The van der Waals surface area contributed by atoms with Crippen LogP contribution in [-0.4, -0.2) is 69.8 Å². The minimum atomic E-state index is -0.948. The summed E-state index contributed by atoms with van der Waals surface area (Å²) in [5.41, 5.74) is 1.49. The van der Waals surface area contributed by atoms with Gasteiger partial charge in [-0.3, -0.25) is 9.69 Å². The van der Waals surface area contributed by atoms with Gasteiger partial charge in [0.15, 0.2) is 11.5 Å². The zero-order valence-electron chi connectivity index (χ0n) is 21.1. The summed E-state index contributed by atoms with van der Waals surface area (Å²) in [7, 11) is 1.83. The summed E-state index contributed by atoms with van der Waals surface area (Å²) in [6.45, 7) is 1.95. The van der Waals surface area contributed by atoms with E-state index >= 15 is 0 Å². The number of likely N-dealkylation sites (tertiary alicyclic amines) is 1. The van der Waals surface area contributed by atoms with Crippen molar-refractivity contribution in [1.82, 2.24) is 9.80 Å². The SMILES string of the molecule is CN(C(=O)/C=C/c1ccc(Cl)cc1)[C@@H]1CC[C@@]2(O)[C@H]3Cc4ccc(O)c5c4[C@@]2(CCN3CC2CC2)[C@H]1O5. The van der Waals surface area contributed by atoms with E-state index in [0.717, 1.165) is 43.0 Å². The van der Waals surface area contributed by atoms with Gasteiger partial charge in [-0.05, 0) is 86.4 Å². The van der Waals surface area contributed by atoms with Gasteiger partial charge in [-0.1, -0.05) is 29.8 Å². The number of carbonyl (C=O) groups excluding carboxylic acids is 1. The molecular formula is C30H33ClN2O4. The molecule has 2 saturated carbocycles. The highest BCUT2D eigenvalue weighted by molar-refractivity contribution is 6.30. The molecule has 6 nitrogen and oxygen atoms in total. The number of hydrogen-bond acceptors (Lipinski definition) is 5. The van der Waals surface area contributed by atoms with Crippen molar-refractivity contribution in [2.75, 3.05) is 20.1 Å². The quantitative estimate of drug-likeness (QED) is 0.579. The predicted molar refractivity (Wildman–Crippen MR) is 142 cm³/mol. The van der Waals surface area contributed by atoms with Gasteiger partial charge in [-0.2, -0.15) is 0 Å². The molecular weight excluding hydrogens is 488 g/mol. The molecule has 194 valence electrons. The number of ether oxygens (including phenoxy) is 1. The Morgan fingerprint density at radius 1 is 1.19 bits per heavy atom. The Morgan fingerprint density at radius 2 is 1.97 bits per heavy atom. The van der Waals surface area contributed by atoms with Gasteiger partial charge in [-0.25, -0.2) is 0 Å². The average molecular weight is 521 g/mol. The molecule has 7 rings (SSSR count). The number of aliphatic hydroxyl groups is 1. The summed E-state index contributed by atoms with van der Waals surface area (Å²) in [6.07, 6.45) is 8.35. The van der Waals surface area contributed by atoms with Crippen LogP contribution in [0.5, 0.6) is 11.5 Å². The van der Waals surface area contributed by atoms with Crippen molar-refractivity contribution in [3.05, 3.63) is 64.2 Å². The number of nitrogens with zero attached hydrogens (tertiary/aromatic N) is 2. The zero-order valence-corrected chi connectivity index (χ0v) is 21.8. The summed E-state index contributed by atoms with van der Waals surface area (Å²) < 4.78 is 6.60. The number of aromatic hydroxyl groups is 1. The Bertz CT molecular complexity index is 1290. The van der Waals surface area contributed by atoms with Gasteiger partial charge in [0.25, 0.3) is 0 Å². The van der Waals surface area contributed by atoms with E-state index in [-0.39, 0.29) is 23.7 Å². The fourth-order valence-electron chi connectivity index (χ4n) is 7.87. The van der Waals surface area contributed by atoms with Crippen molar-refractivity contribution in [1.29, 1.82) is 0 Å². The lowest BCUT2D eigenvalue weighted by molar-refractivity contribution is -0.200. The molecule has 2 heterocycles. The van der Waals surface area contributed by atoms with Crippen molar-refractivity contribution in [3.63, 3.8) is 0 Å². The maximum absolute atomic E-state index is 13.3. The molecule has 2 bridgehead atoms. The third-order valence-corrected chi connectivity index (χ3v) is 10.1. The molecule has 1 saturated heterocycles. The average Bonchev–Trinajstić information content (AvgIpc) is 3.63. The molecule has 5 aliphatic rings. The number of phenols is 1. The third kappa shape index (κ3) is 3.35. The lowest BCUT2D eigenvalue weighted by Crippen LogP contribution is -2.78. The van der Waals surface area contributed by atoms with Crippen LogP contribution in [0.4, 0.5) is 0 Å². The first kappa shape index (κ1) is 23.6. The Morgan fingerprint density at radius 3 is 2.73 bits per heavy atom. The number of halogens is 1. The van der Waals surface area contributed by atoms with E-state index in [1.807, 2.05) is 25.2 Å². The molecule has 3 aliphatic carbocycles. The lowest BCUT2D eigenvalue weighted by atomic mass is 9.48. The van der Waals surface area contributed by atoms with E-state index in [0.29, 0.717) is 23.6 Å². The van der Waals surface area contributed by atoms with Gasteiger partial charge in [0, 0.05) is 36.3 Å². The third-order valence-electron chi connectivity index (χ3n) is 9.86. The number of carbonyl (C=O) groups is 1. The first-order valence-corrected chi connectivity index (χ1v) is 13.9. The topological polar surface area (TPSA) is 73.2 Å². The molecule has 1 amide bonds. The minimum absolute atomic E-state index is 0.0303. The Balaban J connectivity index is 1.24. The van der Waals surface area contributed by atoms with Gasteiger partial charge >= 0.3 is 0 Å². The largest absolute Gasteiger partial charge is 0.504 e. The molecule has 0 aromatic heterocycles. The number of benzene rings is 2. The van der Waals surface area contributed by atoms with E-state index in [1.54, 1.807) is 35.3 Å². The van der Waals surface area contributed by atoms with E-state index in [9.17, 15) is 15.0 Å². The molecule has 3 fully saturated rings. The second-order valence-corrected chi connectivity index (χ2v) is 12.2. The summed E-state index contributed by atoms with van der Waals surface area (Å²) >= 11 is 5.99. The van der Waals surface area contributed by atoms with Crippen LogP contribution < -0.4 is 4.74 Å². The number of likely N-dealkylation sites (N-methyl/N-ethyl adjacent to an activating group) is 1. The van der Waals surface area contributed by atoms with Crippen LogP contribution in [-0.2, 0) is 16.6 Å². The first-order valence-electron chi connectivity index (χ1n) is 13.5. The van der Waals surface area contributed by atoms with Crippen LogP contribution in [0, 0.1) is 5.92 Å². The molecule has 1 spiro atoms. The van der Waals surface area contributed by atoms with Gasteiger partial charge in [0.2, 0.25) is 5.91 Å². The van der Waals surface area contributed by atoms with Crippen molar-refractivity contribution < 1.29 is 19.7 Å². The first-order chi connectivity index (χ1) is 17.8. The molecule has 2 aromatic carbocycles. The maximum Gasteiger partial charge on any atom is 0.246 e. The number of phenolic OH excluding ortho intramolecular Hbond substituents is 1. The lowest BCUT2D eigenvalue weighted by Gasteiger charge is -2.64. The van der Waals surface area contributed by atoms with Crippen LogP contribution >= 0.6 is 11.6 Å². The second kappa shape index (κ2) is 8.23. The summed E-state index contributed by atoms with van der Waals surface area (Å²) in [5.74, 6) is 1.28. The second-order valence-electron chi connectivity index (χ2n) is 11.7. The predicted octanol–water partition coefficient (Wildman–Crippen LogP) is 4.15. The molecule has 7 heteroatoms. The maximum atomic E-state index is 13.3. The van der Waals surface area contributed by atoms with Gasteiger partial charge in [0.1, 0.15) is 6.10 Å². The summed E-state index contributed by atoms with van der Waals surface area (Å²) in [4.78, 5) is 17.6. The molecule has 5 atom stereocenters. The summed E-state index contributed by atoms with van der Waals surface area (Å²) in [6, 6.07) is 10.9. The van der Waals surface area contributed by atoms with Gasteiger partial charge in [-0.15, -0.1) is 0 Å². The fraction of sp³-hybridized carbons (Fsp3) is 0.500. The normalized spacial score (nSPS) is 33.8. The van der Waals surface area contributed by atoms with Crippen LogP contribution in [0.15, 0.2) is 42.5 Å². The molecule has 0 unspecified atom stereocenters. The molecule has 2 N–H and O–H groups in total. The number of hydrogen-bond donors (Lipinski definition) is 2. The van der Waals surface area contributed by atoms with Crippen LogP contribution in [0.25, 0.3) is 6.08 Å². The Hall–Kier alpha value is -2.54. The van der Waals surface area contributed by atoms with Crippen molar-refractivity contribution in [2.45, 2.75) is 67.7 Å². The van der Waals surface area contributed by atoms with E-state index in [1.165, 1.54) is 18.4 Å². The minimum Gasteiger partial charge on any atom is -0.504 e. The smallest absolute Gasteiger partial charge is 0.246 e. The zero-order chi connectivity index (χ0) is 25.5. The Kier molecular flexibility index (Phi) is 5.24. The van der Waals surface area contributed by atoms with Crippen LogP contribution in [0.3, 0.4) is 0 Å². The van der Waals surface area contributed by atoms with E-state index in [4.69, 9.17) is 16.3 Å². The Labute approximate surface area is 222 Å². The monoisotopic (exact) mass is 520 g/mol. The van der Waals surface area contributed by atoms with Crippen LogP contribution in [0.1, 0.15) is 48.8 Å². The van der Waals surface area contributed by atoms with Crippen molar-refractivity contribution >= 4 is 23.6 Å².